The Morgan fingerprint density at radius 2 is 2.11 bits per heavy atom. The molecule has 2 aromatic heterocycles. The number of amides is 2. The Kier molecular flexibility index (Phi) is 4.45. The molecule has 1 aromatic carbocycles. The van der Waals surface area contributed by atoms with Crippen molar-refractivity contribution in [1.29, 1.82) is 0 Å². The lowest BCUT2D eigenvalue weighted by Crippen LogP contribution is -2.17. The van der Waals surface area contributed by atoms with E-state index < -0.39 is 5.91 Å². The zero-order valence-corrected chi connectivity index (χ0v) is 15.6. The maximum absolute atomic E-state index is 11.7. The first kappa shape index (κ1) is 17.4. The van der Waals surface area contributed by atoms with Gasteiger partial charge < -0.3 is 9.15 Å². The summed E-state index contributed by atoms with van der Waals surface area (Å²) in [6, 6.07) is 7.73. The van der Waals surface area contributed by atoms with E-state index in [4.69, 9.17) is 9.15 Å². The molecular weight excluding hydrogens is 364 g/mol. The fraction of sp³-hybridized carbons (Fsp3) is 0.150. The van der Waals surface area contributed by atoms with Crippen molar-refractivity contribution >= 4 is 40.0 Å². The number of hydrogen-bond donors (Lipinski definition) is 1. The number of thioether (sulfide) groups is 1. The van der Waals surface area contributed by atoms with E-state index in [1.54, 1.807) is 24.5 Å². The molecule has 0 spiro atoms. The minimum atomic E-state index is -0.411. The van der Waals surface area contributed by atoms with Crippen LogP contribution < -0.4 is 10.1 Å². The van der Waals surface area contributed by atoms with Crippen LogP contribution in [0.4, 0.5) is 4.79 Å². The molecule has 7 heteroatoms. The van der Waals surface area contributed by atoms with Crippen molar-refractivity contribution in [3.05, 3.63) is 52.9 Å². The SMILES string of the molecule is CCOc1ccc(-c2cncc3cc(/C=C4\SC(=O)NC4=O)oc23)cc1C. The molecule has 3 aromatic rings. The van der Waals surface area contributed by atoms with Crippen LogP contribution in [0.2, 0.25) is 0 Å². The number of ether oxygens (including phenoxy) is 1. The Hall–Kier alpha value is -3.06. The predicted molar refractivity (Wildman–Crippen MR) is 104 cm³/mol. The average molecular weight is 380 g/mol. The van der Waals surface area contributed by atoms with Gasteiger partial charge in [0.25, 0.3) is 11.1 Å². The molecule has 1 saturated heterocycles. The summed E-state index contributed by atoms with van der Waals surface area (Å²) in [5, 5.41) is 2.67. The van der Waals surface area contributed by atoms with Gasteiger partial charge in [-0.2, -0.15) is 0 Å². The lowest BCUT2D eigenvalue weighted by molar-refractivity contribution is -0.115. The number of carbonyl (C=O) groups is 2. The lowest BCUT2D eigenvalue weighted by Gasteiger charge is -2.09. The Balaban J connectivity index is 1.76. The van der Waals surface area contributed by atoms with E-state index in [1.165, 1.54) is 0 Å². The Labute approximate surface area is 159 Å². The number of fused-ring (bicyclic) bond motifs is 1. The minimum Gasteiger partial charge on any atom is -0.494 e. The highest BCUT2D eigenvalue weighted by Crippen LogP contribution is 2.34. The third-order valence-electron chi connectivity index (χ3n) is 4.14. The van der Waals surface area contributed by atoms with Gasteiger partial charge in [-0.05, 0) is 54.9 Å². The van der Waals surface area contributed by atoms with Crippen LogP contribution in [-0.2, 0) is 4.79 Å². The minimum absolute atomic E-state index is 0.311. The summed E-state index contributed by atoms with van der Waals surface area (Å²) >= 11 is 0.859. The van der Waals surface area contributed by atoms with Gasteiger partial charge in [0.15, 0.2) is 0 Å². The molecule has 0 radical (unpaired) electrons. The summed E-state index contributed by atoms with van der Waals surface area (Å²) in [5.74, 6) is 0.931. The van der Waals surface area contributed by atoms with Crippen LogP contribution >= 0.6 is 11.8 Å². The monoisotopic (exact) mass is 380 g/mol. The second-order valence-corrected chi connectivity index (χ2v) is 7.03. The van der Waals surface area contributed by atoms with Crippen LogP contribution in [0.1, 0.15) is 18.2 Å². The second kappa shape index (κ2) is 6.92. The van der Waals surface area contributed by atoms with Crippen molar-refractivity contribution in [2.75, 3.05) is 6.61 Å². The van der Waals surface area contributed by atoms with Gasteiger partial charge in [0, 0.05) is 29.4 Å². The zero-order chi connectivity index (χ0) is 19.0. The van der Waals surface area contributed by atoms with Crippen LogP contribution in [0, 0.1) is 6.92 Å². The van der Waals surface area contributed by atoms with E-state index in [0.717, 1.165) is 39.6 Å². The van der Waals surface area contributed by atoms with E-state index in [1.807, 2.05) is 32.0 Å². The number of rotatable bonds is 4. The standard InChI is InChI=1S/C20H16N2O4S/c1-3-25-16-5-4-12(6-11(16)2)15-10-21-9-13-7-14(26-18(13)15)8-17-19(23)22-20(24)27-17/h4-10H,3H2,1-2H3,(H,22,23,24)/b17-8-. The van der Waals surface area contributed by atoms with Gasteiger partial charge in [-0.25, -0.2) is 0 Å². The number of pyridine rings is 1. The van der Waals surface area contributed by atoms with Crippen molar-refractivity contribution in [2.24, 2.45) is 0 Å². The first-order chi connectivity index (χ1) is 13.0. The molecule has 6 nitrogen and oxygen atoms in total. The number of aryl methyl sites for hydroxylation is 1. The summed E-state index contributed by atoms with van der Waals surface area (Å²) in [4.78, 5) is 27.6. The first-order valence-corrected chi connectivity index (χ1v) is 9.23. The summed E-state index contributed by atoms with van der Waals surface area (Å²) in [5.41, 5.74) is 3.52. The molecule has 4 rings (SSSR count). The number of hydrogen-bond acceptors (Lipinski definition) is 6. The Bertz CT molecular complexity index is 1100. The molecule has 1 N–H and O–H groups in total. The fourth-order valence-electron chi connectivity index (χ4n) is 2.94. The average Bonchev–Trinajstić information content (AvgIpc) is 3.19. The molecule has 3 heterocycles. The summed E-state index contributed by atoms with van der Waals surface area (Å²) in [7, 11) is 0. The number of benzene rings is 1. The molecule has 1 aliphatic heterocycles. The third kappa shape index (κ3) is 3.33. The molecule has 2 amide bonds. The van der Waals surface area contributed by atoms with Gasteiger partial charge in [-0.1, -0.05) is 6.07 Å². The lowest BCUT2D eigenvalue weighted by atomic mass is 10.0. The van der Waals surface area contributed by atoms with Crippen LogP contribution in [0.15, 0.2) is 46.0 Å². The molecule has 0 aliphatic carbocycles. The molecule has 1 fully saturated rings. The molecular formula is C20H16N2O4S. The van der Waals surface area contributed by atoms with E-state index >= 15 is 0 Å². The summed E-state index contributed by atoms with van der Waals surface area (Å²) in [6.45, 7) is 4.56. The first-order valence-electron chi connectivity index (χ1n) is 8.41. The number of furan rings is 1. The van der Waals surface area contributed by atoms with Crippen molar-refractivity contribution in [3.63, 3.8) is 0 Å². The number of imide groups is 1. The number of aromatic nitrogens is 1. The highest BCUT2D eigenvalue weighted by Gasteiger charge is 2.25. The third-order valence-corrected chi connectivity index (χ3v) is 4.95. The van der Waals surface area contributed by atoms with Crippen molar-refractivity contribution in [1.82, 2.24) is 10.3 Å². The van der Waals surface area contributed by atoms with Crippen molar-refractivity contribution in [2.45, 2.75) is 13.8 Å². The van der Waals surface area contributed by atoms with E-state index in [9.17, 15) is 9.59 Å². The molecule has 0 unspecified atom stereocenters. The Morgan fingerprint density at radius 3 is 2.81 bits per heavy atom. The van der Waals surface area contributed by atoms with Crippen LogP contribution in [-0.4, -0.2) is 22.7 Å². The second-order valence-electron chi connectivity index (χ2n) is 6.02. The highest BCUT2D eigenvalue weighted by atomic mass is 32.2. The molecule has 136 valence electrons. The van der Waals surface area contributed by atoms with Gasteiger partial charge in [0.1, 0.15) is 17.1 Å². The highest BCUT2D eigenvalue weighted by molar-refractivity contribution is 8.18. The summed E-state index contributed by atoms with van der Waals surface area (Å²) in [6.07, 6.45) is 5.02. The molecule has 27 heavy (non-hydrogen) atoms. The molecule has 0 atom stereocenters. The zero-order valence-electron chi connectivity index (χ0n) is 14.7. The van der Waals surface area contributed by atoms with Crippen molar-refractivity contribution in [3.8, 4) is 16.9 Å². The molecule has 1 aliphatic rings. The maximum Gasteiger partial charge on any atom is 0.290 e. The van der Waals surface area contributed by atoms with Gasteiger partial charge in [-0.3, -0.25) is 19.9 Å². The summed E-state index contributed by atoms with van der Waals surface area (Å²) < 4.78 is 11.6. The molecule has 0 saturated carbocycles. The smallest absolute Gasteiger partial charge is 0.290 e. The van der Waals surface area contributed by atoms with Gasteiger partial charge >= 0.3 is 0 Å². The topological polar surface area (TPSA) is 81.4 Å². The van der Waals surface area contributed by atoms with Crippen LogP contribution in [0.5, 0.6) is 5.75 Å². The van der Waals surface area contributed by atoms with Gasteiger partial charge in [0.2, 0.25) is 0 Å². The maximum atomic E-state index is 11.7. The Morgan fingerprint density at radius 1 is 1.26 bits per heavy atom. The predicted octanol–water partition coefficient (Wildman–Crippen LogP) is 4.53. The number of carbonyl (C=O) groups excluding carboxylic acids is 2. The normalized spacial score (nSPS) is 15.6. The largest absolute Gasteiger partial charge is 0.494 e. The van der Waals surface area contributed by atoms with Crippen LogP contribution in [0.3, 0.4) is 0 Å². The van der Waals surface area contributed by atoms with Gasteiger partial charge in [0.05, 0.1) is 11.5 Å². The van der Waals surface area contributed by atoms with Crippen molar-refractivity contribution < 1.29 is 18.7 Å². The number of nitrogens with one attached hydrogen (secondary N) is 1. The molecule has 0 bridgehead atoms. The fourth-order valence-corrected chi connectivity index (χ4v) is 3.61. The van der Waals surface area contributed by atoms with E-state index in [-0.39, 0.29) is 5.24 Å². The van der Waals surface area contributed by atoms with Crippen LogP contribution in [0.25, 0.3) is 28.2 Å². The van der Waals surface area contributed by atoms with E-state index in [2.05, 4.69) is 10.3 Å². The number of nitrogens with zero attached hydrogens (tertiary/aromatic N) is 1. The van der Waals surface area contributed by atoms with Gasteiger partial charge in [-0.15, -0.1) is 0 Å². The van der Waals surface area contributed by atoms with E-state index in [0.29, 0.717) is 22.9 Å². The quantitative estimate of drug-likeness (QED) is 0.670.